The molecule has 1 N–H and O–H groups in total. The Labute approximate surface area is 222 Å². The molecule has 0 spiro atoms. The smallest absolute Gasteiger partial charge is 0.460 e. The molecule has 1 amide bonds. The number of anilines is 1. The molecule has 1 aromatic heterocycles. The number of fused-ring (bicyclic) bond motifs is 1. The average molecular weight is 627 g/mol. The zero-order valence-corrected chi connectivity index (χ0v) is 21.8. The van der Waals surface area contributed by atoms with E-state index in [-0.39, 0.29) is 36.3 Å². The van der Waals surface area contributed by atoms with E-state index in [0.29, 0.717) is 22.6 Å². The van der Waals surface area contributed by atoms with Gasteiger partial charge in [0.1, 0.15) is 5.00 Å². The van der Waals surface area contributed by atoms with E-state index in [1.807, 2.05) is 20.8 Å². The van der Waals surface area contributed by atoms with Crippen LogP contribution in [0.1, 0.15) is 54.9 Å². The van der Waals surface area contributed by atoms with Crippen LogP contribution < -0.4 is 5.32 Å². The molecule has 1 heterocycles. The van der Waals surface area contributed by atoms with Crippen molar-refractivity contribution < 1.29 is 71.4 Å². The molecule has 0 aromatic carbocycles. The molecule has 0 fully saturated rings. The molecule has 0 saturated carbocycles. The highest BCUT2D eigenvalue weighted by Gasteiger charge is 2.91. The van der Waals surface area contributed by atoms with E-state index in [1.165, 1.54) is 6.92 Å². The monoisotopic (exact) mass is 627 g/mol. The quantitative estimate of drug-likeness (QED) is 0.237. The van der Waals surface area contributed by atoms with Gasteiger partial charge in [-0.15, -0.1) is 11.3 Å². The number of rotatable bonds is 8. The van der Waals surface area contributed by atoms with Crippen LogP contribution in [0.3, 0.4) is 0 Å². The van der Waals surface area contributed by atoms with Crippen LogP contribution in [0.2, 0.25) is 0 Å². The molecule has 1 aliphatic rings. The number of thiophene rings is 1. The Morgan fingerprint density at radius 1 is 0.850 bits per heavy atom. The van der Waals surface area contributed by atoms with E-state index in [4.69, 9.17) is 4.74 Å². The minimum atomic E-state index is -8.13. The third-order valence-corrected chi connectivity index (χ3v) is 7.58. The van der Waals surface area contributed by atoms with Gasteiger partial charge in [-0.1, -0.05) is 20.8 Å². The highest BCUT2D eigenvalue weighted by Crippen LogP contribution is 2.60. The lowest BCUT2D eigenvalue weighted by atomic mass is 9.72. The normalized spacial score (nSPS) is 17.9. The molecular weight excluding hydrogens is 605 g/mol. The molecule has 2 rings (SSSR count). The molecule has 1 unspecified atom stereocenters. The number of halogens is 13. The van der Waals surface area contributed by atoms with Crippen molar-refractivity contribution in [1.82, 2.24) is 0 Å². The van der Waals surface area contributed by atoms with Crippen molar-refractivity contribution >= 4 is 28.2 Å². The third-order valence-electron chi connectivity index (χ3n) is 6.42. The first-order chi connectivity index (χ1) is 17.7. The Morgan fingerprint density at radius 2 is 1.35 bits per heavy atom. The molecule has 0 radical (unpaired) electrons. The van der Waals surface area contributed by atoms with E-state index in [1.54, 1.807) is 0 Å². The molecule has 40 heavy (non-hydrogen) atoms. The van der Waals surface area contributed by atoms with Crippen molar-refractivity contribution in [2.45, 2.75) is 82.7 Å². The van der Waals surface area contributed by atoms with E-state index < -0.39 is 58.2 Å². The first-order valence-corrected chi connectivity index (χ1v) is 12.1. The molecule has 1 atom stereocenters. The van der Waals surface area contributed by atoms with Gasteiger partial charge in [-0.05, 0) is 43.1 Å². The van der Waals surface area contributed by atoms with Gasteiger partial charge >= 0.3 is 47.7 Å². The minimum absolute atomic E-state index is 0.0701. The van der Waals surface area contributed by atoms with E-state index in [0.717, 1.165) is 5.32 Å². The number of ether oxygens (including phenoxy) is 1. The molecule has 0 saturated heterocycles. The minimum Gasteiger partial charge on any atom is -0.462 e. The number of esters is 1. The summed E-state index contributed by atoms with van der Waals surface area (Å²) in [6, 6.07) is 0. The van der Waals surface area contributed by atoms with Gasteiger partial charge in [0, 0.05) is 4.88 Å². The fourth-order valence-electron chi connectivity index (χ4n) is 3.93. The van der Waals surface area contributed by atoms with Crippen LogP contribution >= 0.6 is 11.3 Å². The number of carbonyl (C=O) groups is 2. The number of carbonyl (C=O) groups excluding carboxylic acids is 2. The van der Waals surface area contributed by atoms with E-state index in [2.05, 4.69) is 0 Å². The van der Waals surface area contributed by atoms with Gasteiger partial charge < -0.3 is 10.1 Å². The first-order valence-electron chi connectivity index (χ1n) is 11.3. The molecule has 0 bridgehead atoms. The summed E-state index contributed by atoms with van der Waals surface area (Å²) in [5.74, 6) is -43.7. The lowest BCUT2D eigenvalue weighted by molar-refractivity contribution is -0.435. The maximum Gasteiger partial charge on any atom is 0.460 e. The second-order valence-electron chi connectivity index (χ2n) is 10.1. The highest BCUT2D eigenvalue weighted by atomic mass is 32.1. The molecule has 1 aliphatic carbocycles. The standard InChI is InChI=1S/C22H22F13NO3S/c1-5-39-14(37)12-10-7-6-9(16(2,3)4)8-11(10)40-13(12)36-15(38)17(23,24)18(25,26)19(27,28)20(29,30)21(31,32)22(33,34)35/h9H,5-8H2,1-4H3,(H,36,38). The maximum atomic E-state index is 14.4. The number of alkyl halides is 13. The predicted octanol–water partition coefficient (Wildman–Crippen LogP) is 7.75. The Kier molecular flexibility index (Phi) is 8.67. The first kappa shape index (κ1) is 33.9. The van der Waals surface area contributed by atoms with Crippen molar-refractivity contribution in [1.29, 1.82) is 0 Å². The van der Waals surface area contributed by atoms with Gasteiger partial charge in [0.15, 0.2) is 0 Å². The molecule has 18 heteroatoms. The van der Waals surface area contributed by atoms with Gasteiger partial charge in [-0.25, -0.2) is 4.79 Å². The summed E-state index contributed by atoms with van der Waals surface area (Å²) < 4.78 is 179. The second kappa shape index (κ2) is 10.2. The fourth-order valence-corrected chi connectivity index (χ4v) is 5.24. The van der Waals surface area contributed by atoms with Gasteiger partial charge in [0.2, 0.25) is 0 Å². The van der Waals surface area contributed by atoms with Crippen LogP contribution in [0.5, 0.6) is 0 Å². The van der Waals surface area contributed by atoms with Crippen molar-refractivity contribution in [2.24, 2.45) is 11.3 Å². The van der Waals surface area contributed by atoms with Crippen molar-refractivity contribution in [3.63, 3.8) is 0 Å². The zero-order chi connectivity index (χ0) is 31.5. The SMILES string of the molecule is CCOC(=O)c1c(NC(=O)C(F)(F)C(F)(F)C(F)(F)C(F)(F)C(F)(F)C(F)(F)F)sc2c1CCC(C(C)(C)C)C2. The van der Waals surface area contributed by atoms with Crippen molar-refractivity contribution in [2.75, 3.05) is 11.9 Å². The summed E-state index contributed by atoms with van der Waals surface area (Å²) >= 11 is 0.396. The molecule has 230 valence electrons. The van der Waals surface area contributed by atoms with E-state index >= 15 is 0 Å². The molecule has 0 aliphatic heterocycles. The summed E-state index contributed by atoms with van der Waals surface area (Å²) in [5, 5.41) is 0.138. The Morgan fingerprint density at radius 3 is 1.80 bits per heavy atom. The summed E-state index contributed by atoms with van der Waals surface area (Å²) in [6.45, 7) is 6.58. The van der Waals surface area contributed by atoms with Gasteiger partial charge in [-0.3, -0.25) is 4.79 Å². The Bertz CT molecular complexity index is 1140. The number of hydrogen-bond acceptors (Lipinski definition) is 4. The Balaban J connectivity index is 2.55. The largest absolute Gasteiger partial charge is 0.462 e. The van der Waals surface area contributed by atoms with E-state index in [9.17, 15) is 66.7 Å². The average Bonchev–Trinajstić information content (AvgIpc) is 3.14. The topological polar surface area (TPSA) is 55.4 Å². The number of amides is 1. The zero-order valence-electron chi connectivity index (χ0n) is 21.0. The van der Waals surface area contributed by atoms with Gasteiger partial charge in [-0.2, -0.15) is 57.1 Å². The molecule has 4 nitrogen and oxygen atoms in total. The third kappa shape index (κ3) is 5.24. The lowest BCUT2D eigenvalue weighted by Gasteiger charge is -2.39. The highest BCUT2D eigenvalue weighted by molar-refractivity contribution is 7.17. The van der Waals surface area contributed by atoms with Crippen LogP contribution in [0.15, 0.2) is 0 Å². The van der Waals surface area contributed by atoms with Crippen LogP contribution in [0.25, 0.3) is 0 Å². The fraction of sp³-hybridized carbons (Fsp3) is 0.727. The van der Waals surface area contributed by atoms with Gasteiger partial charge in [0.25, 0.3) is 0 Å². The van der Waals surface area contributed by atoms with Gasteiger partial charge in [0.05, 0.1) is 12.2 Å². The van der Waals surface area contributed by atoms with Crippen molar-refractivity contribution in [3.8, 4) is 0 Å². The van der Waals surface area contributed by atoms with Crippen LogP contribution in [0.4, 0.5) is 62.1 Å². The Hall–Kier alpha value is -2.27. The maximum absolute atomic E-state index is 14.4. The van der Waals surface area contributed by atoms with Crippen LogP contribution in [-0.4, -0.2) is 54.3 Å². The molecule has 1 aromatic rings. The molecular formula is C22H22F13NO3S. The summed E-state index contributed by atoms with van der Waals surface area (Å²) in [6.07, 6.45) is -6.85. The lowest BCUT2D eigenvalue weighted by Crippen LogP contribution is -2.71. The summed E-state index contributed by atoms with van der Waals surface area (Å²) in [7, 11) is 0. The number of nitrogens with one attached hydrogen (secondary N) is 1. The van der Waals surface area contributed by atoms with Crippen LogP contribution in [0, 0.1) is 11.3 Å². The van der Waals surface area contributed by atoms with Crippen molar-refractivity contribution in [3.05, 3.63) is 16.0 Å². The summed E-state index contributed by atoms with van der Waals surface area (Å²) in [4.78, 5) is 24.9. The number of hydrogen-bond donors (Lipinski definition) is 1. The van der Waals surface area contributed by atoms with Crippen LogP contribution in [-0.2, 0) is 22.4 Å². The predicted molar refractivity (Wildman–Crippen MR) is 115 cm³/mol. The summed E-state index contributed by atoms with van der Waals surface area (Å²) in [5.41, 5.74) is -0.780. The second-order valence-corrected chi connectivity index (χ2v) is 11.2.